The number of benzene rings is 1. The summed E-state index contributed by atoms with van der Waals surface area (Å²) in [6, 6.07) is 3.31. The Labute approximate surface area is 121 Å². The van der Waals surface area contributed by atoms with Crippen molar-refractivity contribution in [1.29, 1.82) is 0 Å². The van der Waals surface area contributed by atoms with Crippen LogP contribution in [-0.4, -0.2) is 27.4 Å². The van der Waals surface area contributed by atoms with E-state index in [-0.39, 0.29) is 13.2 Å². The van der Waals surface area contributed by atoms with Crippen molar-refractivity contribution >= 4 is 28.8 Å². The van der Waals surface area contributed by atoms with Crippen LogP contribution in [0.4, 0.5) is 0 Å². The van der Waals surface area contributed by atoms with Gasteiger partial charge in [0.25, 0.3) is 0 Å². The van der Waals surface area contributed by atoms with Crippen molar-refractivity contribution in [3.8, 4) is 11.5 Å². The van der Waals surface area contributed by atoms with Gasteiger partial charge >= 0.3 is 7.60 Å². The summed E-state index contributed by atoms with van der Waals surface area (Å²) < 4.78 is 34.4. The average Bonchev–Trinajstić information content (AvgIpc) is 2.39. The van der Waals surface area contributed by atoms with Crippen molar-refractivity contribution in [3.63, 3.8) is 0 Å². The normalized spacial score (nSPS) is 11.4. The molecule has 0 amide bonds. The van der Waals surface area contributed by atoms with E-state index >= 15 is 0 Å². The molecule has 0 N–H and O–H groups in total. The molecule has 1 rings (SSSR count). The van der Waals surface area contributed by atoms with Crippen LogP contribution < -0.4 is 14.8 Å². The van der Waals surface area contributed by atoms with Gasteiger partial charge in [-0.3, -0.25) is 4.57 Å². The predicted octanol–water partition coefficient (Wildman–Crippen LogP) is 3.36. The third kappa shape index (κ3) is 3.72. The highest BCUT2D eigenvalue weighted by atomic mass is 79.9. The van der Waals surface area contributed by atoms with Crippen LogP contribution >= 0.6 is 23.5 Å². The second-order valence-electron chi connectivity index (χ2n) is 3.50. The fraction of sp³-hybridized carbons (Fsp3) is 0.500. The van der Waals surface area contributed by atoms with Gasteiger partial charge in [0.15, 0.2) is 0 Å². The van der Waals surface area contributed by atoms with Crippen LogP contribution in [0.25, 0.3) is 0 Å². The SMILES string of the molecule is CCOP(=O)(OCC)c1cc(OC)cc(OC)c1Br. The molecule has 7 heteroatoms. The third-order valence-electron chi connectivity index (χ3n) is 2.34. The maximum absolute atomic E-state index is 12.8. The Kier molecular flexibility index (Phi) is 6.33. The maximum atomic E-state index is 12.8. The van der Waals surface area contributed by atoms with Crippen molar-refractivity contribution in [2.45, 2.75) is 13.8 Å². The van der Waals surface area contributed by atoms with Gasteiger partial charge in [0.2, 0.25) is 0 Å². The van der Waals surface area contributed by atoms with Crippen molar-refractivity contribution in [3.05, 3.63) is 16.6 Å². The van der Waals surface area contributed by atoms with Gasteiger partial charge in [-0.05, 0) is 35.8 Å². The zero-order valence-electron chi connectivity index (χ0n) is 11.4. The number of methoxy groups -OCH3 is 2. The quantitative estimate of drug-likeness (QED) is 0.704. The van der Waals surface area contributed by atoms with Crippen LogP contribution in [-0.2, 0) is 13.6 Å². The Morgan fingerprint density at radius 1 is 1.11 bits per heavy atom. The Morgan fingerprint density at radius 3 is 2.11 bits per heavy atom. The van der Waals surface area contributed by atoms with Gasteiger partial charge < -0.3 is 18.5 Å². The number of halogens is 1. The molecule has 0 fully saturated rings. The van der Waals surface area contributed by atoms with Crippen LogP contribution in [0.1, 0.15) is 13.8 Å². The summed E-state index contributed by atoms with van der Waals surface area (Å²) in [5, 5.41) is 0.396. The molecular formula is C12H18BrO5P. The summed E-state index contributed by atoms with van der Waals surface area (Å²) in [6.45, 7) is 4.08. The van der Waals surface area contributed by atoms with E-state index in [0.29, 0.717) is 21.3 Å². The van der Waals surface area contributed by atoms with Gasteiger partial charge in [-0.1, -0.05) is 0 Å². The van der Waals surface area contributed by atoms with Crippen molar-refractivity contribution in [1.82, 2.24) is 0 Å². The molecule has 5 nitrogen and oxygen atoms in total. The molecule has 0 aliphatic carbocycles. The van der Waals surface area contributed by atoms with Gasteiger partial charge in [0.1, 0.15) is 11.5 Å². The first-order valence-corrected chi connectivity index (χ1v) is 8.17. The molecule has 1 aromatic carbocycles. The molecule has 0 heterocycles. The van der Waals surface area contributed by atoms with E-state index in [2.05, 4.69) is 15.9 Å². The standard InChI is InChI=1S/C12H18BrO5P/c1-5-17-19(14,18-6-2)11-8-9(15-3)7-10(16-4)12(11)13/h7-8H,5-6H2,1-4H3. The summed E-state index contributed by atoms with van der Waals surface area (Å²) in [6.07, 6.45) is 0. The van der Waals surface area contributed by atoms with Gasteiger partial charge in [-0.2, -0.15) is 0 Å². The van der Waals surface area contributed by atoms with E-state index in [1.54, 1.807) is 26.0 Å². The molecule has 0 saturated heterocycles. The molecule has 0 spiro atoms. The van der Waals surface area contributed by atoms with E-state index in [1.807, 2.05) is 0 Å². The zero-order chi connectivity index (χ0) is 14.5. The Bertz CT molecular complexity index is 467. The van der Waals surface area contributed by atoms with Crippen LogP contribution in [0.2, 0.25) is 0 Å². The van der Waals surface area contributed by atoms with Crippen molar-refractivity contribution < 1.29 is 23.1 Å². The number of hydrogen-bond acceptors (Lipinski definition) is 5. The van der Waals surface area contributed by atoms with Crippen molar-refractivity contribution in [2.75, 3.05) is 27.4 Å². The minimum absolute atomic E-state index is 0.281. The van der Waals surface area contributed by atoms with Crippen LogP contribution in [0.15, 0.2) is 16.6 Å². The van der Waals surface area contributed by atoms with E-state index < -0.39 is 7.60 Å². The van der Waals surface area contributed by atoms with Gasteiger partial charge in [-0.25, -0.2) is 0 Å². The molecule has 19 heavy (non-hydrogen) atoms. The van der Waals surface area contributed by atoms with Gasteiger partial charge in [0.05, 0.1) is 37.2 Å². The summed E-state index contributed by atoms with van der Waals surface area (Å²) in [4.78, 5) is 0. The number of hydrogen-bond donors (Lipinski definition) is 0. The highest BCUT2D eigenvalue weighted by Gasteiger charge is 2.31. The fourth-order valence-electron chi connectivity index (χ4n) is 1.54. The number of ether oxygens (including phenoxy) is 2. The summed E-state index contributed by atoms with van der Waals surface area (Å²) in [5.74, 6) is 1.03. The van der Waals surface area contributed by atoms with E-state index in [9.17, 15) is 4.57 Å². The minimum Gasteiger partial charge on any atom is -0.497 e. The lowest BCUT2D eigenvalue weighted by atomic mass is 10.3. The van der Waals surface area contributed by atoms with E-state index in [4.69, 9.17) is 18.5 Å². The van der Waals surface area contributed by atoms with E-state index in [1.165, 1.54) is 14.2 Å². The molecule has 0 radical (unpaired) electrons. The first-order valence-electron chi connectivity index (χ1n) is 5.83. The molecule has 0 aliphatic rings. The maximum Gasteiger partial charge on any atom is 0.362 e. The first-order chi connectivity index (χ1) is 9.02. The predicted molar refractivity (Wildman–Crippen MR) is 77.7 cm³/mol. The van der Waals surface area contributed by atoms with Crippen LogP contribution in [0.5, 0.6) is 11.5 Å². The number of rotatable bonds is 7. The largest absolute Gasteiger partial charge is 0.497 e. The molecular weight excluding hydrogens is 335 g/mol. The lowest BCUT2D eigenvalue weighted by Crippen LogP contribution is -2.13. The van der Waals surface area contributed by atoms with Crippen molar-refractivity contribution in [2.24, 2.45) is 0 Å². The Balaban J connectivity index is 3.40. The summed E-state index contributed by atoms with van der Waals surface area (Å²) in [7, 11) is -0.346. The molecule has 0 bridgehead atoms. The van der Waals surface area contributed by atoms with Gasteiger partial charge in [0, 0.05) is 6.07 Å². The highest BCUT2D eigenvalue weighted by Crippen LogP contribution is 2.50. The summed E-state index contributed by atoms with van der Waals surface area (Å²) in [5.41, 5.74) is 0. The minimum atomic E-state index is -3.40. The topological polar surface area (TPSA) is 54.0 Å². The Hall–Kier alpha value is -0.550. The second kappa shape index (κ2) is 7.29. The molecule has 108 valence electrons. The lowest BCUT2D eigenvalue weighted by molar-refractivity contribution is 0.229. The molecule has 1 aromatic rings. The first kappa shape index (κ1) is 16.5. The summed E-state index contributed by atoms with van der Waals surface area (Å²) >= 11 is 3.37. The van der Waals surface area contributed by atoms with Gasteiger partial charge in [-0.15, -0.1) is 0 Å². The Morgan fingerprint density at radius 2 is 1.68 bits per heavy atom. The van der Waals surface area contributed by atoms with Crippen LogP contribution in [0, 0.1) is 0 Å². The fourth-order valence-corrected chi connectivity index (χ4v) is 4.25. The second-order valence-corrected chi connectivity index (χ2v) is 6.28. The molecule has 0 aliphatic heterocycles. The third-order valence-corrected chi connectivity index (χ3v) is 5.61. The van der Waals surface area contributed by atoms with Crippen LogP contribution in [0.3, 0.4) is 0 Å². The monoisotopic (exact) mass is 352 g/mol. The molecule has 0 atom stereocenters. The smallest absolute Gasteiger partial charge is 0.362 e. The average molecular weight is 353 g/mol. The molecule has 0 aromatic heterocycles. The molecule has 0 unspecified atom stereocenters. The molecule has 0 saturated carbocycles. The lowest BCUT2D eigenvalue weighted by Gasteiger charge is -2.20. The zero-order valence-corrected chi connectivity index (χ0v) is 13.9. The highest BCUT2D eigenvalue weighted by molar-refractivity contribution is 9.10. The van der Waals surface area contributed by atoms with E-state index in [0.717, 1.165) is 0 Å².